The van der Waals surface area contributed by atoms with Crippen molar-refractivity contribution < 1.29 is 9.59 Å². The van der Waals surface area contributed by atoms with Gasteiger partial charge in [-0.05, 0) is 30.5 Å². The molecule has 1 aromatic heterocycles. The highest BCUT2D eigenvalue weighted by Crippen LogP contribution is 2.24. The van der Waals surface area contributed by atoms with Crippen LogP contribution in [-0.4, -0.2) is 61.5 Å². The van der Waals surface area contributed by atoms with Gasteiger partial charge in [-0.3, -0.25) is 4.79 Å². The molecule has 0 spiro atoms. The largest absolute Gasteiger partial charge is 0.373 e. The Morgan fingerprint density at radius 3 is 2.46 bits per heavy atom. The zero-order valence-corrected chi connectivity index (χ0v) is 16.0. The third-order valence-corrected chi connectivity index (χ3v) is 5.34. The lowest BCUT2D eigenvalue weighted by molar-refractivity contribution is 0.0672. The van der Waals surface area contributed by atoms with Gasteiger partial charge in [0.05, 0.1) is 16.9 Å². The summed E-state index contributed by atoms with van der Waals surface area (Å²) in [5, 5.41) is 6.78. The second-order valence-electron chi connectivity index (χ2n) is 6.25. The van der Waals surface area contributed by atoms with E-state index < -0.39 is 0 Å². The maximum absolute atomic E-state index is 12.6. The summed E-state index contributed by atoms with van der Waals surface area (Å²) in [5.74, 6) is 0.0428. The number of thiophene rings is 1. The molecule has 0 bridgehead atoms. The van der Waals surface area contributed by atoms with E-state index in [1.807, 2.05) is 53.0 Å². The fourth-order valence-electron chi connectivity index (χ4n) is 2.96. The van der Waals surface area contributed by atoms with Crippen LogP contribution in [0.25, 0.3) is 0 Å². The first-order chi connectivity index (χ1) is 12.6. The first-order valence-corrected chi connectivity index (χ1v) is 9.72. The molecule has 0 saturated carbocycles. The van der Waals surface area contributed by atoms with Crippen molar-refractivity contribution in [2.75, 3.05) is 50.0 Å². The van der Waals surface area contributed by atoms with Crippen LogP contribution in [0.2, 0.25) is 0 Å². The minimum absolute atomic E-state index is 0.0428. The fraction of sp³-hybridized carbons (Fsp3) is 0.368. The Hall–Kier alpha value is -2.54. The van der Waals surface area contributed by atoms with Gasteiger partial charge < -0.3 is 20.0 Å². The lowest BCUT2D eigenvalue weighted by atomic mass is 10.2. The number of hydrogen-bond donors (Lipinski definition) is 1. The van der Waals surface area contributed by atoms with E-state index in [9.17, 15) is 9.59 Å². The second kappa shape index (κ2) is 8.23. The Morgan fingerprint density at radius 2 is 1.81 bits per heavy atom. The quantitative estimate of drug-likeness (QED) is 0.897. The Labute approximate surface area is 158 Å². The summed E-state index contributed by atoms with van der Waals surface area (Å²) in [6.07, 6.45) is 0. The summed E-state index contributed by atoms with van der Waals surface area (Å²) >= 11 is 1.52. The SMILES string of the molecule is CCN(C)c1ccccc1NC(=O)N1CCN(C(=O)c2ccsc2)CC1. The molecule has 2 aromatic rings. The third kappa shape index (κ3) is 3.99. The maximum Gasteiger partial charge on any atom is 0.322 e. The van der Waals surface area contributed by atoms with Gasteiger partial charge in [-0.25, -0.2) is 4.79 Å². The van der Waals surface area contributed by atoms with Crippen molar-refractivity contribution in [3.63, 3.8) is 0 Å². The fourth-order valence-corrected chi connectivity index (χ4v) is 3.59. The van der Waals surface area contributed by atoms with Crippen LogP contribution in [0.15, 0.2) is 41.1 Å². The lowest BCUT2D eigenvalue weighted by Crippen LogP contribution is -2.51. The molecular formula is C19H24N4O2S. The number of carbonyl (C=O) groups excluding carboxylic acids is 2. The first-order valence-electron chi connectivity index (χ1n) is 8.77. The molecule has 138 valence electrons. The molecule has 26 heavy (non-hydrogen) atoms. The van der Waals surface area contributed by atoms with Crippen molar-refractivity contribution in [2.45, 2.75) is 6.92 Å². The van der Waals surface area contributed by atoms with Crippen molar-refractivity contribution in [2.24, 2.45) is 0 Å². The minimum atomic E-state index is -0.121. The molecule has 0 unspecified atom stereocenters. The number of rotatable bonds is 4. The normalized spacial score (nSPS) is 14.2. The molecule has 3 amide bonds. The minimum Gasteiger partial charge on any atom is -0.373 e. The van der Waals surface area contributed by atoms with Crippen LogP contribution in [0.4, 0.5) is 16.2 Å². The first kappa shape index (κ1) is 18.3. The molecular weight excluding hydrogens is 348 g/mol. The van der Waals surface area contributed by atoms with Crippen LogP contribution >= 0.6 is 11.3 Å². The van der Waals surface area contributed by atoms with E-state index in [-0.39, 0.29) is 11.9 Å². The molecule has 2 heterocycles. The highest BCUT2D eigenvalue weighted by Gasteiger charge is 2.25. The van der Waals surface area contributed by atoms with Gasteiger partial charge in [-0.15, -0.1) is 0 Å². The zero-order chi connectivity index (χ0) is 18.5. The Bertz CT molecular complexity index is 755. The van der Waals surface area contributed by atoms with Crippen LogP contribution < -0.4 is 10.2 Å². The zero-order valence-electron chi connectivity index (χ0n) is 15.1. The van der Waals surface area contributed by atoms with E-state index in [0.717, 1.165) is 23.5 Å². The molecule has 7 heteroatoms. The Balaban J connectivity index is 1.59. The predicted octanol–water partition coefficient (Wildman–Crippen LogP) is 3.19. The van der Waals surface area contributed by atoms with E-state index in [0.29, 0.717) is 26.2 Å². The van der Waals surface area contributed by atoms with Gasteiger partial charge >= 0.3 is 6.03 Å². The summed E-state index contributed by atoms with van der Waals surface area (Å²) in [4.78, 5) is 30.7. The van der Waals surface area contributed by atoms with Crippen LogP contribution in [-0.2, 0) is 0 Å². The van der Waals surface area contributed by atoms with E-state index in [2.05, 4.69) is 17.1 Å². The maximum atomic E-state index is 12.6. The summed E-state index contributed by atoms with van der Waals surface area (Å²) < 4.78 is 0. The van der Waals surface area contributed by atoms with Crippen LogP contribution in [0.3, 0.4) is 0 Å². The number of urea groups is 1. The monoisotopic (exact) mass is 372 g/mol. The molecule has 1 aliphatic rings. The predicted molar refractivity (Wildman–Crippen MR) is 106 cm³/mol. The highest BCUT2D eigenvalue weighted by molar-refractivity contribution is 7.08. The molecule has 3 rings (SSSR count). The lowest BCUT2D eigenvalue weighted by Gasteiger charge is -2.35. The van der Waals surface area contributed by atoms with Crippen molar-refractivity contribution in [3.05, 3.63) is 46.7 Å². The Kier molecular flexibility index (Phi) is 5.78. The van der Waals surface area contributed by atoms with E-state index in [1.165, 1.54) is 11.3 Å². The van der Waals surface area contributed by atoms with Crippen molar-refractivity contribution in [3.8, 4) is 0 Å². The summed E-state index contributed by atoms with van der Waals surface area (Å²) in [6, 6.07) is 9.51. The molecule has 0 aliphatic carbocycles. The number of carbonyl (C=O) groups is 2. The Morgan fingerprint density at radius 1 is 1.12 bits per heavy atom. The number of anilines is 2. The molecule has 6 nitrogen and oxygen atoms in total. The second-order valence-corrected chi connectivity index (χ2v) is 7.03. The van der Waals surface area contributed by atoms with Gasteiger partial charge in [0.1, 0.15) is 0 Å². The molecule has 0 atom stereocenters. The van der Waals surface area contributed by atoms with Crippen molar-refractivity contribution in [1.82, 2.24) is 9.80 Å². The molecule has 0 radical (unpaired) electrons. The van der Waals surface area contributed by atoms with Gasteiger partial charge in [-0.1, -0.05) is 12.1 Å². The van der Waals surface area contributed by atoms with Crippen molar-refractivity contribution in [1.29, 1.82) is 0 Å². The number of para-hydroxylation sites is 2. The number of benzene rings is 1. The van der Waals surface area contributed by atoms with Gasteiger partial charge in [0.2, 0.25) is 0 Å². The third-order valence-electron chi connectivity index (χ3n) is 4.65. The summed E-state index contributed by atoms with van der Waals surface area (Å²) in [5.41, 5.74) is 2.53. The smallest absolute Gasteiger partial charge is 0.322 e. The van der Waals surface area contributed by atoms with Crippen LogP contribution in [0.5, 0.6) is 0 Å². The number of amides is 3. The number of nitrogens with zero attached hydrogens (tertiary/aromatic N) is 3. The van der Waals surface area contributed by atoms with Crippen LogP contribution in [0.1, 0.15) is 17.3 Å². The topological polar surface area (TPSA) is 55.9 Å². The number of piperazine rings is 1. The summed E-state index contributed by atoms with van der Waals surface area (Å²) in [7, 11) is 2.00. The molecule has 1 fully saturated rings. The van der Waals surface area contributed by atoms with Gasteiger partial charge in [-0.2, -0.15) is 11.3 Å². The van der Waals surface area contributed by atoms with E-state index in [1.54, 1.807) is 4.90 Å². The van der Waals surface area contributed by atoms with E-state index in [4.69, 9.17) is 0 Å². The van der Waals surface area contributed by atoms with Crippen LogP contribution in [0, 0.1) is 0 Å². The standard InChI is InChI=1S/C19H24N4O2S/c1-3-21(2)17-7-5-4-6-16(17)20-19(25)23-11-9-22(10-12-23)18(24)15-8-13-26-14-15/h4-8,13-14H,3,9-12H2,1-2H3,(H,20,25). The highest BCUT2D eigenvalue weighted by atomic mass is 32.1. The average molecular weight is 372 g/mol. The molecule has 1 aromatic carbocycles. The van der Waals surface area contributed by atoms with E-state index >= 15 is 0 Å². The molecule has 1 aliphatic heterocycles. The van der Waals surface area contributed by atoms with Gasteiger partial charge in [0.15, 0.2) is 0 Å². The average Bonchev–Trinajstić information content (AvgIpc) is 3.22. The number of nitrogens with one attached hydrogen (secondary N) is 1. The summed E-state index contributed by atoms with van der Waals surface area (Å²) in [6.45, 7) is 5.11. The molecule has 1 saturated heterocycles. The number of hydrogen-bond acceptors (Lipinski definition) is 4. The van der Waals surface area contributed by atoms with Crippen molar-refractivity contribution >= 4 is 34.6 Å². The van der Waals surface area contributed by atoms with Gasteiger partial charge in [0.25, 0.3) is 5.91 Å². The van der Waals surface area contributed by atoms with Gasteiger partial charge in [0, 0.05) is 45.2 Å². The molecule has 1 N–H and O–H groups in total.